The largest absolute Gasteiger partial charge is 0.349 e. The lowest BCUT2D eigenvalue weighted by Crippen LogP contribution is -2.67. The van der Waals surface area contributed by atoms with E-state index in [0.717, 1.165) is 24.2 Å². The van der Waals surface area contributed by atoms with E-state index in [1.165, 1.54) is 70.3 Å². The van der Waals surface area contributed by atoms with Crippen LogP contribution in [0.15, 0.2) is 12.7 Å². The summed E-state index contributed by atoms with van der Waals surface area (Å²) >= 11 is 0. The number of amides is 1. The average molecular weight is 482 g/mol. The van der Waals surface area contributed by atoms with Gasteiger partial charge >= 0.3 is 0 Å². The van der Waals surface area contributed by atoms with E-state index in [-0.39, 0.29) is 17.4 Å². The molecule has 2 unspecified atom stereocenters. The Morgan fingerprint density at radius 1 is 0.743 bits per heavy atom. The predicted molar refractivity (Wildman–Crippen MR) is 147 cm³/mol. The second-order valence-corrected chi connectivity index (χ2v) is 16.4. The molecule has 0 bridgehead atoms. The Labute approximate surface area is 216 Å². The highest BCUT2D eigenvalue weighted by Crippen LogP contribution is 2.76. The molecule has 0 aromatic heterocycles. The lowest BCUT2D eigenvalue weighted by Gasteiger charge is -2.74. The molecule has 5 saturated carbocycles. The van der Waals surface area contributed by atoms with Crippen LogP contribution < -0.4 is 5.32 Å². The molecule has 198 valence electrons. The SMILES string of the molecule is C=CC(=O)NC1CC[C@@]2(C)C(CC[C@]3(C)[C@@H]2CC[C@@H]2[C@H]4CC(C)(C)CC[C@]4(C)CC[C@]23C)C1(C)C. The van der Waals surface area contributed by atoms with Crippen molar-refractivity contribution in [3.63, 3.8) is 0 Å². The van der Waals surface area contributed by atoms with Gasteiger partial charge in [-0.3, -0.25) is 4.79 Å². The van der Waals surface area contributed by atoms with Gasteiger partial charge in [-0.05, 0) is 133 Å². The third kappa shape index (κ3) is 3.49. The van der Waals surface area contributed by atoms with Gasteiger partial charge in [0.1, 0.15) is 0 Å². The first-order valence-electron chi connectivity index (χ1n) is 15.1. The van der Waals surface area contributed by atoms with E-state index in [1.54, 1.807) is 0 Å². The van der Waals surface area contributed by atoms with Gasteiger partial charge in [0.05, 0.1) is 0 Å². The fourth-order valence-electron chi connectivity index (χ4n) is 11.8. The lowest BCUT2D eigenvalue weighted by atomic mass is 9.31. The zero-order valence-electron chi connectivity index (χ0n) is 24.4. The Balaban J connectivity index is 1.47. The summed E-state index contributed by atoms with van der Waals surface area (Å²) < 4.78 is 0. The van der Waals surface area contributed by atoms with E-state index < -0.39 is 0 Å². The first-order valence-corrected chi connectivity index (χ1v) is 15.1. The Morgan fingerprint density at radius 3 is 2.11 bits per heavy atom. The highest BCUT2D eigenvalue weighted by Gasteiger charge is 2.69. The summed E-state index contributed by atoms with van der Waals surface area (Å²) in [6.45, 7) is 24.6. The van der Waals surface area contributed by atoms with Crippen molar-refractivity contribution in [3.8, 4) is 0 Å². The summed E-state index contributed by atoms with van der Waals surface area (Å²) in [5.41, 5.74) is 2.52. The molecular weight excluding hydrogens is 426 g/mol. The van der Waals surface area contributed by atoms with Crippen LogP contribution in [0.5, 0.6) is 0 Å². The van der Waals surface area contributed by atoms with Gasteiger partial charge in [-0.2, -0.15) is 0 Å². The van der Waals surface area contributed by atoms with Gasteiger partial charge in [0.2, 0.25) is 5.91 Å². The van der Waals surface area contributed by atoms with E-state index in [9.17, 15) is 4.79 Å². The minimum atomic E-state index is 0.000931. The molecule has 0 aromatic rings. The fraction of sp³-hybridized carbons (Fsp3) is 0.909. The third-order valence-corrected chi connectivity index (χ3v) is 14.2. The molecule has 0 spiro atoms. The van der Waals surface area contributed by atoms with Crippen LogP contribution in [0.2, 0.25) is 0 Å². The Hall–Kier alpha value is -0.790. The standard InChI is InChI=1S/C33H55NO/c1-10-27(35)34-26-14-15-31(7)24(29(26,4)5)13-16-33(9)25(31)12-11-22-23-21-28(2,3)17-18-30(23,6)19-20-32(22,33)8/h10,22-26H,1,11-21H2,2-9H3,(H,34,35)/t22-,23-,24?,25-,26?,30-,31+,32-,33-/m1/s1. The summed E-state index contributed by atoms with van der Waals surface area (Å²) in [6.07, 6.45) is 16.6. The predicted octanol–water partition coefficient (Wildman–Crippen LogP) is 8.56. The first kappa shape index (κ1) is 25.8. The van der Waals surface area contributed by atoms with Gasteiger partial charge in [-0.15, -0.1) is 0 Å². The van der Waals surface area contributed by atoms with Gasteiger partial charge < -0.3 is 5.32 Å². The molecule has 2 heteroatoms. The summed E-state index contributed by atoms with van der Waals surface area (Å²) in [5, 5.41) is 3.33. The molecular formula is C33H55NO. The van der Waals surface area contributed by atoms with Crippen LogP contribution in [0.25, 0.3) is 0 Å². The fourth-order valence-corrected chi connectivity index (χ4v) is 11.8. The minimum absolute atomic E-state index is 0.000931. The molecule has 5 aliphatic rings. The van der Waals surface area contributed by atoms with E-state index in [1.807, 2.05) is 0 Å². The molecule has 1 amide bonds. The van der Waals surface area contributed by atoms with Crippen LogP contribution in [0.1, 0.15) is 126 Å². The van der Waals surface area contributed by atoms with Crippen LogP contribution >= 0.6 is 0 Å². The summed E-state index contributed by atoms with van der Waals surface area (Å²) in [6, 6.07) is 0.266. The molecule has 0 aliphatic heterocycles. The van der Waals surface area contributed by atoms with Crippen molar-refractivity contribution >= 4 is 5.91 Å². The van der Waals surface area contributed by atoms with Crippen molar-refractivity contribution in [2.75, 3.05) is 0 Å². The molecule has 0 heterocycles. The Kier molecular flexibility index (Phi) is 5.80. The number of carbonyl (C=O) groups excluding carboxylic acids is 1. The Bertz CT molecular complexity index is 888. The van der Waals surface area contributed by atoms with Crippen molar-refractivity contribution in [3.05, 3.63) is 12.7 Å². The smallest absolute Gasteiger partial charge is 0.243 e. The quantitative estimate of drug-likeness (QED) is 0.393. The van der Waals surface area contributed by atoms with Gasteiger partial charge in [0, 0.05) is 6.04 Å². The van der Waals surface area contributed by atoms with Crippen molar-refractivity contribution in [1.29, 1.82) is 0 Å². The maximum absolute atomic E-state index is 12.2. The van der Waals surface area contributed by atoms with Crippen LogP contribution in [-0.2, 0) is 4.79 Å². The van der Waals surface area contributed by atoms with Gasteiger partial charge in [-0.25, -0.2) is 0 Å². The summed E-state index contributed by atoms with van der Waals surface area (Å²) in [5.74, 6) is 3.31. The second-order valence-electron chi connectivity index (χ2n) is 16.4. The number of hydrogen-bond donors (Lipinski definition) is 1. The molecule has 5 fully saturated rings. The highest BCUT2D eigenvalue weighted by atomic mass is 16.1. The van der Waals surface area contributed by atoms with Crippen LogP contribution in [0, 0.1) is 56.2 Å². The molecule has 0 radical (unpaired) electrons. The topological polar surface area (TPSA) is 29.1 Å². The maximum Gasteiger partial charge on any atom is 0.243 e. The zero-order chi connectivity index (χ0) is 25.7. The molecule has 9 atom stereocenters. The molecule has 5 aliphatic carbocycles. The van der Waals surface area contributed by atoms with Gasteiger partial charge in [0.25, 0.3) is 0 Å². The molecule has 5 rings (SSSR count). The molecule has 2 nitrogen and oxygen atoms in total. The van der Waals surface area contributed by atoms with Crippen LogP contribution in [-0.4, -0.2) is 11.9 Å². The van der Waals surface area contributed by atoms with Gasteiger partial charge in [-0.1, -0.05) is 62.0 Å². The maximum atomic E-state index is 12.2. The number of nitrogens with one attached hydrogen (secondary N) is 1. The van der Waals surface area contributed by atoms with E-state index in [0.29, 0.717) is 33.0 Å². The van der Waals surface area contributed by atoms with Gasteiger partial charge in [0.15, 0.2) is 0 Å². The van der Waals surface area contributed by atoms with Crippen molar-refractivity contribution in [1.82, 2.24) is 5.32 Å². The normalized spacial score (nSPS) is 52.2. The number of carbonyl (C=O) groups is 1. The number of fused-ring (bicyclic) bond motifs is 7. The lowest BCUT2D eigenvalue weighted by molar-refractivity contribution is -0.245. The number of rotatable bonds is 2. The average Bonchev–Trinajstić information content (AvgIpc) is 2.77. The zero-order valence-corrected chi connectivity index (χ0v) is 24.4. The van der Waals surface area contributed by atoms with E-state index >= 15 is 0 Å². The monoisotopic (exact) mass is 481 g/mol. The first-order chi connectivity index (χ1) is 16.1. The third-order valence-electron chi connectivity index (χ3n) is 14.2. The molecule has 0 saturated heterocycles. The van der Waals surface area contributed by atoms with Crippen molar-refractivity contribution < 1.29 is 4.79 Å². The Morgan fingerprint density at radius 2 is 1.43 bits per heavy atom. The van der Waals surface area contributed by atoms with Crippen LogP contribution in [0.4, 0.5) is 0 Å². The highest BCUT2D eigenvalue weighted by molar-refractivity contribution is 5.87. The second kappa shape index (κ2) is 7.86. The van der Waals surface area contributed by atoms with E-state index in [2.05, 4.69) is 67.3 Å². The summed E-state index contributed by atoms with van der Waals surface area (Å²) in [4.78, 5) is 12.2. The van der Waals surface area contributed by atoms with E-state index in [4.69, 9.17) is 0 Å². The van der Waals surface area contributed by atoms with Crippen molar-refractivity contribution in [2.45, 2.75) is 132 Å². The molecule has 1 N–H and O–H groups in total. The molecule has 35 heavy (non-hydrogen) atoms. The molecule has 0 aromatic carbocycles. The van der Waals surface area contributed by atoms with Crippen LogP contribution in [0.3, 0.4) is 0 Å². The van der Waals surface area contributed by atoms with Crippen molar-refractivity contribution in [2.24, 2.45) is 56.2 Å². The minimum Gasteiger partial charge on any atom is -0.349 e. The number of hydrogen-bond acceptors (Lipinski definition) is 1. The summed E-state index contributed by atoms with van der Waals surface area (Å²) in [7, 11) is 0.